The van der Waals surface area contributed by atoms with Gasteiger partial charge < -0.3 is 14.4 Å². The van der Waals surface area contributed by atoms with Crippen molar-refractivity contribution in [2.45, 2.75) is 42.6 Å². The molecule has 1 aromatic carbocycles. The summed E-state index contributed by atoms with van der Waals surface area (Å²) in [6.45, 7) is 0.990. The lowest BCUT2D eigenvalue weighted by Crippen LogP contribution is -2.24. The maximum atomic E-state index is 14.6. The van der Waals surface area contributed by atoms with Crippen molar-refractivity contribution in [1.29, 1.82) is 0 Å². The van der Waals surface area contributed by atoms with Gasteiger partial charge in [-0.3, -0.25) is 4.57 Å². The lowest BCUT2D eigenvalue weighted by atomic mass is 10.2. The molecule has 0 spiro atoms. The van der Waals surface area contributed by atoms with Crippen molar-refractivity contribution in [3.63, 3.8) is 0 Å². The number of rotatable bonds is 6. The predicted molar refractivity (Wildman–Crippen MR) is 117 cm³/mol. The van der Waals surface area contributed by atoms with E-state index in [0.717, 1.165) is 37.6 Å². The van der Waals surface area contributed by atoms with Crippen LogP contribution in [0.2, 0.25) is 0 Å². The number of ether oxygens (including phenoxy) is 2. The molecule has 15 heteroatoms. The van der Waals surface area contributed by atoms with E-state index in [1.54, 1.807) is 10.6 Å². The zero-order valence-electron chi connectivity index (χ0n) is 18.7. The topological polar surface area (TPSA) is 104 Å². The average Bonchev–Trinajstić information content (AvgIpc) is 3.42. The summed E-state index contributed by atoms with van der Waals surface area (Å²) in [6.07, 6.45) is 2.66. The lowest BCUT2D eigenvalue weighted by molar-refractivity contribution is -0.0438. The van der Waals surface area contributed by atoms with Gasteiger partial charge in [0.25, 0.3) is 9.84 Å². The van der Waals surface area contributed by atoms with E-state index in [1.807, 2.05) is 0 Å². The number of pyridine rings is 1. The first kappa shape index (κ1) is 24.9. The molecule has 37 heavy (non-hydrogen) atoms. The van der Waals surface area contributed by atoms with Crippen molar-refractivity contribution >= 4 is 15.7 Å². The second kappa shape index (κ2) is 8.97. The summed E-state index contributed by atoms with van der Waals surface area (Å²) in [5.74, 6) is -3.35. The highest BCUT2D eigenvalue weighted by Crippen LogP contribution is 2.35. The van der Waals surface area contributed by atoms with Crippen LogP contribution in [0.1, 0.15) is 18.4 Å². The molecule has 3 aromatic rings. The normalized spacial score (nSPS) is 17.0. The Bertz CT molecular complexity index is 1520. The third-order valence-corrected chi connectivity index (χ3v) is 7.36. The Morgan fingerprint density at radius 3 is 2.54 bits per heavy atom. The molecule has 9 nitrogen and oxygen atoms in total. The van der Waals surface area contributed by atoms with Crippen LogP contribution in [-0.2, 0) is 23.0 Å². The van der Waals surface area contributed by atoms with Crippen LogP contribution in [0.4, 0.5) is 27.8 Å². The molecule has 1 saturated heterocycles. The Balaban J connectivity index is 1.33. The summed E-state index contributed by atoms with van der Waals surface area (Å²) in [6, 6.07) is 4.89. The molecule has 0 aliphatic carbocycles. The van der Waals surface area contributed by atoms with E-state index >= 15 is 0 Å². The third-order valence-electron chi connectivity index (χ3n) is 5.98. The van der Waals surface area contributed by atoms with Gasteiger partial charge in [0.15, 0.2) is 22.4 Å². The molecule has 4 heterocycles. The van der Waals surface area contributed by atoms with Crippen LogP contribution in [0, 0.1) is 11.6 Å². The average molecular weight is 544 g/mol. The fraction of sp³-hybridized carbons (Fsp3) is 0.318. The summed E-state index contributed by atoms with van der Waals surface area (Å²) in [5, 5.41) is -1.39. The van der Waals surface area contributed by atoms with Gasteiger partial charge in [-0.2, -0.15) is 18.2 Å². The first-order valence-electron chi connectivity index (χ1n) is 10.9. The summed E-state index contributed by atoms with van der Waals surface area (Å²) >= 11 is 0. The standard InChI is InChI=1S/C22H17F5N4O5S/c23-15-6-12(11-35-17-9-19-30-5-1-2-13(30)10-31(19)21(32)29-17)7-16(24)20(15)36-14-3-4-28-18(8-14)37(33,34)22(25,26)27/h3-4,6-9,13H,1-2,5,10-11H2/t13-/m1/s1. The predicted octanol–water partition coefficient (Wildman–Crippen LogP) is 3.56. The minimum absolute atomic E-state index is 0.0128. The van der Waals surface area contributed by atoms with E-state index in [-0.39, 0.29) is 24.1 Å². The highest BCUT2D eigenvalue weighted by atomic mass is 32.2. The van der Waals surface area contributed by atoms with Crippen LogP contribution in [0.5, 0.6) is 17.4 Å². The highest BCUT2D eigenvalue weighted by molar-refractivity contribution is 7.92. The Hall–Kier alpha value is -3.75. The molecule has 0 saturated carbocycles. The molecule has 2 aliphatic rings. The minimum atomic E-state index is -5.79. The molecule has 0 bridgehead atoms. The van der Waals surface area contributed by atoms with Crippen LogP contribution in [0.3, 0.4) is 0 Å². The SMILES string of the molecule is O=c1nc(OCc2cc(F)c(Oc3ccnc(S(=O)(=O)C(F)(F)F)c3)c(F)c2)cc2n1C[C@H]1CCCN21. The Kier molecular flexibility index (Phi) is 6.04. The Labute approximate surface area is 206 Å². The van der Waals surface area contributed by atoms with Crippen molar-refractivity contribution in [3.8, 4) is 17.4 Å². The van der Waals surface area contributed by atoms with E-state index < -0.39 is 49.2 Å². The molecular weight excluding hydrogens is 527 g/mol. The number of nitrogens with zero attached hydrogens (tertiary/aromatic N) is 4. The van der Waals surface area contributed by atoms with Gasteiger partial charge in [0.2, 0.25) is 5.88 Å². The molecule has 5 rings (SSSR count). The van der Waals surface area contributed by atoms with Crippen LogP contribution in [-0.4, -0.2) is 41.0 Å². The number of halogens is 5. The molecule has 196 valence electrons. The molecule has 0 unspecified atom stereocenters. The van der Waals surface area contributed by atoms with Crippen LogP contribution >= 0.6 is 0 Å². The summed E-state index contributed by atoms with van der Waals surface area (Å²) < 4.78 is 103. The smallest absolute Gasteiger partial charge is 0.473 e. The van der Waals surface area contributed by atoms with Gasteiger partial charge in [0.1, 0.15) is 18.2 Å². The number of anilines is 1. The first-order valence-corrected chi connectivity index (χ1v) is 12.4. The maximum absolute atomic E-state index is 14.6. The summed E-state index contributed by atoms with van der Waals surface area (Å²) in [7, 11) is -5.79. The van der Waals surface area contributed by atoms with Crippen molar-refractivity contribution in [3.05, 3.63) is 64.2 Å². The molecule has 2 aromatic heterocycles. The van der Waals surface area contributed by atoms with Gasteiger partial charge in [0.05, 0.1) is 0 Å². The Morgan fingerprint density at radius 2 is 1.84 bits per heavy atom. The fourth-order valence-corrected chi connectivity index (χ4v) is 4.99. The fourth-order valence-electron chi connectivity index (χ4n) is 4.28. The minimum Gasteiger partial charge on any atom is -0.473 e. The van der Waals surface area contributed by atoms with Crippen LogP contribution < -0.4 is 20.1 Å². The molecule has 1 fully saturated rings. The summed E-state index contributed by atoms with van der Waals surface area (Å²) in [4.78, 5) is 21.4. The van der Waals surface area contributed by atoms with Crippen molar-refractivity contribution in [2.75, 3.05) is 11.4 Å². The van der Waals surface area contributed by atoms with Crippen LogP contribution in [0.25, 0.3) is 0 Å². The monoisotopic (exact) mass is 544 g/mol. The molecular formula is C22H17F5N4O5S. The number of sulfone groups is 1. The Morgan fingerprint density at radius 1 is 1.11 bits per heavy atom. The largest absolute Gasteiger partial charge is 0.503 e. The second-order valence-electron chi connectivity index (χ2n) is 8.39. The van der Waals surface area contributed by atoms with Gasteiger partial charge in [-0.05, 0) is 36.6 Å². The summed E-state index contributed by atoms with van der Waals surface area (Å²) in [5.41, 5.74) is -6.10. The lowest BCUT2D eigenvalue weighted by Gasteiger charge is -2.17. The number of fused-ring (bicyclic) bond motifs is 3. The van der Waals surface area contributed by atoms with Gasteiger partial charge >= 0.3 is 11.2 Å². The highest BCUT2D eigenvalue weighted by Gasteiger charge is 2.48. The van der Waals surface area contributed by atoms with Crippen molar-refractivity contribution in [2.24, 2.45) is 0 Å². The van der Waals surface area contributed by atoms with Gasteiger partial charge in [-0.25, -0.2) is 27.0 Å². The van der Waals surface area contributed by atoms with E-state index in [2.05, 4.69) is 14.9 Å². The van der Waals surface area contributed by atoms with Crippen molar-refractivity contribution < 1.29 is 39.8 Å². The number of aromatic nitrogens is 3. The van der Waals surface area contributed by atoms with Gasteiger partial charge in [-0.1, -0.05) is 0 Å². The second-order valence-corrected chi connectivity index (χ2v) is 10.3. The molecule has 0 amide bonds. The van der Waals surface area contributed by atoms with Gasteiger partial charge in [0, 0.05) is 37.5 Å². The zero-order valence-corrected chi connectivity index (χ0v) is 19.5. The quantitative estimate of drug-likeness (QED) is 0.434. The van der Waals surface area contributed by atoms with E-state index in [4.69, 9.17) is 9.47 Å². The number of benzene rings is 1. The molecule has 1 atom stereocenters. The first-order chi connectivity index (χ1) is 17.4. The maximum Gasteiger partial charge on any atom is 0.503 e. The number of alkyl halides is 3. The van der Waals surface area contributed by atoms with Gasteiger partial charge in [-0.15, -0.1) is 0 Å². The number of hydrogen-bond donors (Lipinski definition) is 0. The zero-order chi connectivity index (χ0) is 26.5. The molecule has 0 radical (unpaired) electrons. The molecule has 0 N–H and O–H groups in total. The van der Waals surface area contributed by atoms with E-state index in [1.165, 1.54) is 0 Å². The van der Waals surface area contributed by atoms with Crippen LogP contribution in [0.15, 0.2) is 46.3 Å². The molecule has 2 aliphatic heterocycles. The van der Waals surface area contributed by atoms with E-state index in [9.17, 15) is 35.2 Å². The van der Waals surface area contributed by atoms with Crippen molar-refractivity contribution in [1.82, 2.24) is 14.5 Å². The van der Waals surface area contributed by atoms with E-state index in [0.29, 0.717) is 24.6 Å². The third kappa shape index (κ3) is 4.58. The number of hydrogen-bond acceptors (Lipinski definition) is 8.